The van der Waals surface area contributed by atoms with E-state index in [9.17, 15) is 0 Å². The van der Waals surface area contributed by atoms with E-state index < -0.39 is 0 Å². The smallest absolute Gasteiger partial charge is 0.0491 e. The molecule has 0 atom stereocenters. The van der Waals surface area contributed by atoms with Crippen molar-refractivity contribution in [2.45, 2.75) is 54.6 Å². The Labute approximate surface area is 192 Å². The summed E-state index contributed by atoms with van der Waals surface area (Å²) in [6.07, 6.45) is 4.30. The van der Waals surface area contributed by atoms with E-state index in [1.807, 2.05) is 13.8 Å². The first-order valence-electron chi connectivity index (χ1n) is 11.9. The van der Waals surface area contributed by atoms with E-state index in [1.165, 1.54) is 44.0 Å². The molecule has 0 radical (unpaired) electrons. The number of hydrogen-bond donors (Lipinski definition) is 0. The standard InChI is InChI=1S/C14H13N.C14H17N.C2H6/c1-2-15-13-9-5-3-7-11(13)12-8-4-6-10-14(12)15;1-4-8-13-11(3)12-9-6-7-10-14(12)15(13)5-2;1-2/h3-10H,2H2,1H3;4,6-10H,5H2,1-3H3;1-2H3/b;8-4-;. The van der Waals surface area contributed by atoms with E-state index >= 15 is 0 Å². The van der Waals surface area contributed by atoms with Crippen LogP contribution in [0.3, 0.4) is 0 Å². The molecular formula is C30H36N2. The lowest BCUT2D eigenvalue weighted by molar-refractivity contribution is 0.787. The number of allylic oxidation sites excluding steroid dienone is 1. The monoisotopic (exact) mass is 424 g/mol. The minimum Gasteiger partial charge on any atom is -0.341 e. The maximum Gasteiger partial charge on any atom is 0.0491 e. The number of aryl methyl sites for hydroxylation is 3. The average Bonchev–Trinajstić information content (AvgIpc) is 3.33. The van der Waals surface area contributed by atoms with Crippen molar-refractivity contribution in [1.29, 1.82) is 0 Å². The first-order valence-corrected chi connectivity index (χ1v) is 11.9. The van der Waals surface area contributed by atoms with Crippen molar-refractivity contribution in [3.8, 4) is 0 Å². The Bertz CT molecular complexity index is 1280. The molecule has 2 heterocycles. The number of nitrogens with zero attached hydrogens (tertiary/aromatic N) is 2. The number of para-hydroxylation sites is 3. The van der Waals surface area contributed by atoms with Crippen molar-refractivity contribution in [1.82, 2.24) is 9.13 Å². The average molecular weight is 425 g/mol. The molecule has 0 aliphatic carbocycles. The van der Waals surface area contributed by atoms with Gasteiger partial charge in [-0.25, -0.2) is 0 Å². The molecule has 0 saturated heterocycles. The Morgan fingerprint density at radius 2 is 1.03 bits per heavy atom. The topological polar surface area (TPSA) is 9.86 Å². The van der Waals surface area contributed by atoms with Crippen molar-refractivity contribution < 1.29 is 0 Å². The summed E-state index contributed by atoms with van der Waals surface area (Å²) in [4.78, 5) is 0. The van der Waals surface area contributed by atoms with E-state index in [4.69, 9.17) is 0 Å². The van der Waals surface area contributed by atoms with Gasteiger partial charge in [-0.05, 0) is 57.5 Å². The molecule has 0 unspecified atom stereocenters. The Morgan fingerprint density at radius 3 is 1.47 bits per heavy atom. The molecule has 3 aromatic carbocycles. The van der Waals surface area contributed by atoms with E-state index in [0.717, 1.165) is 13.1 Å². The fraction of sp³-hybridized carbons (Fsp3) is 0.267. The molecule has 2 nitrogen and oxygen atoms in total. The molecule has 0 bridgehead atoms. The minimum absolute atomic E-state index is 1.02. The highest BCUT2D eigenvalue weighted by Crippen LogP contribution is 2.28. The summed E-state index contributed by atoms with van der Waals surface area (Å²) in [6.45, 7) is 14.7. The summed E-state index contributed by atoms with van der Waals surface area (Å²) in [6, 6.07) is 25.8. The Hall–Kier alpha value is -3.26. The molecule has 0 aliphatic rings. The van der Waals surface area contributed by atoms with Gasteiger partial charge in [0.25, 0.3) is 0 Å². The molecule has 0 N–H and O–H groups in total. The van der Waals surface area contributed by atoms with E-state index in [1.54, 1.807) is 0 Å². The second-order valence-electron chi connectivity index (χ2n) is 7.55. The Kier molecular flexibility index (Phi) is 7.94. The number of rotatable bonds is 3. The van der Waals surface area contributed by atoms with Gasteiger partial charge in [0.1, 0.15) is 0 Å². The molecule has 0 amide bonds. The maximum absolute atomic E-state index is 2.37. The maximum atomic E-state index is 2.37. The molecule has 5 rings (SSSR count). The predicted octanol–water partition coefficient (Wildman–Crippen LogP) is 8.84. The fourth-order valence-corrected chi connectivity index (χ4v) is 4.55. The van der Waals surface area contributed by atoms with Crippen LogP contribution in [-0.4, -0.2) is 9.13 Å². The van der Waals surface area contributed by atoms with Crippen LogP contribution in [-0.2, 0) is 13.1 Å². The lowest BCUT2D eigenvalue weighted by atomic mass is 10.1. The Morgan fingerprint density at radius 1 is 0.625 bits per heavy atom. The summed E-state index contributed by atoms with van der Waals surface area (Å²) < 4.78 is 4.73. The molecule has 0 aliphatic heterocycles. The normalized spacial score (nSPS) is 10.9. The van der Waals surface area contributed by atoms with Crippen molar-refractivity contribution >= 4 is 38.8 Å². The van der Waals surface area contributed by atoms with Crippen LogP contribution in [0.15, 0.2) is 78.9 Å². The van der Waals surface area contributed by atoms with Gasteiger partial charge in [-0.1, -0.05) is 74.5 Å². The number of fused-ring (bicyclic) bond motifs is 4. The summed E-state index contributed by atoms with van der Waals surface area (Å²) in [5.41, 5.74) is 6.72. The highest BCUT2D eigenvalue weighted by Gasteiger charge is 2.09. The molecule has 0 fully saturated rings. The third-order valence-electron chi connectivity index (χ3n) is 5.91. The van der Waals surface area contributed by atoms with Crippen molar-refractivity contribution in [3.63, 3.8) is 0 Å². The third-order valence-corrected chi connectivity index (χ3v) is 5.91. The van der Waals surface area contributed by atoms with Gasteiger partial charge in [-0.2, -0.15) is 0 Å². The van der Waals surface area contributed by atoms with Gasteiger partial charge in [0.2, 0.25) is 0 Å². The van der Waals surface area contributed by atoms with Crippen LogP contribution < -0.4 is 0 Å². The van der Waals surface area contributed by atoms with E-state index in [2.05, 4.69) is 122 Å². The molecular weight excluding hydrogens is 388 g/mol. The van der Waals surface area contributed by atoms with Crippen LogP contribution >= 0.6 is 0 Å². The van der Waals surface area contributed by atoms with Crippen molar-refractivity contribution in [2.24, 2.45) is 0 Å². The van der Waals surface area contributed by atoms with Gasteiger partial charge in [0, 0.05) is 51.5 Å². The molecule has 2 aromatic heterocycles. The van der Waals surface area contributed by atoms with Gasteiger partial charge in [-0.3, -0.25) is 0 Å². The molecule has 0 saturated carbocycles. The number of benzene rings is 3. The van der Waals surface area contributed by atoms with Crippen molar-refractivity contribution in [3.05, 3.63) is 90.1 Å². The predicted molar refractivity (Wildman–Crippen MR) is 144 cm³/mol. The molecule has 0 spiro atoms. The minimum atomic E-state index is 1.02. The number of aromatic nitrogens is 2. The van der Waals surface area contributed by atoms with Crippen LogP contribution in [0.2, 0.25) is 0 Å². The van der Waals surface area contributed by atoms with Crippen LogP contribution in [0.4, 0.5) is 0 Å². The van der Waals surface area contributed by atoms with Gasteiger partial charge in [-0.15, -0.1) is 0 Å². The van der Waals surface area contributed by atoms with E-state index in [-0.39, 0.29) is 0 Å². The van der Waals surface area contributed by atoms with E-state index in [0.29, 0.717) is 0 Å². The second kappa shape index (κ2) is 10.9. The summed E-state index contributed by atoms with van der Waals surface area (Å²) in [7, 11) is 0. The van der Waals surface area contributed by atoms with Gasteiger partial charge in [0.15, 0.2) is 0 Å². The SMILES string of the molecule is C/C=C\c1c(C)c2ccccc2n1CC.CC.CCn1c2ccccc2c2ccccc21. The van der Waals surface area contributed by atoms with Crippen molar-refractivity contribution in [2.75, 3.05) is 0 Å². The lowest BCUT2D eigenvalue weighted by Crippen LogP contribution is -1.96. The van der Waals surface area contributed by atoms with Crippen LogP contribution in [0.25, 0.3) is 38.8 Å². The molecule has 32 heavy (non-hydrogen) atoms. The van der Waals surface area contributed by atoms with Crippen LogP contribution in [0, 0.1) is 6.92 Å². The second-order valence-corrected chi connectivity index (χ2v) is 7.55. The number of hydrogen-bond acceptors (Lipinski definition) is 0. The highest BCUT2D eigenvalue weighted by atomic mass is 15.0. The lowest BCUT2D eigenvalue weighted by Gasteiger charge is -2.04. The molecule has 166 valence electrons. The summed E-state index contributed by atoms with van der Waals surface area (Å²) >= 11 is 0. The highest BCUT2D eigenvalue weighted by molar-refractivity contribution is 6.07. The zero-order valence-corrected chi connectivity index (χ0v) is 20.4. The third kappa shape index (κ3) is 4.23. The van der Waals surface area contributed by atoms with Crippen LogP contribution in [0.1, 0.15) is 45.9 Å². The largest absolute Gasteiger partial charge is 0.341 e. The first kappa shape index (κ1) is 23.4. The fourth-order valence-electron chi connectivity index (χ4n) is 4.55. The van der Waals surface area contributed by atoms with Gasteiger partial charge in [0.05, 0.1) is 0 Å². The zero-order valence-electron chi connectivity index (χ0n) is 20.4. The zero-order chi connectivity index (χ0) is 23.1. The molecule has 5 aromatic rings. The van der Waals surface area contributed by atoms with Gasteiger partial charge < -0.3 is 9.13 Å². The summed E-state index contributed by atoms with van der Waals surface area (Å²) in [5, 5.41) is 4.08. The molecule has 2 heteroatoms. The summed E-state index contributed by atoms with van der Waals surface area (Å²) in [5.74, 6) is 0. The first-order chi connectivity index (χ1) is 15.7. The van der Waals surface area contributed by atoms with Crippen LogP contribution in [0.5, 0.6) is 0 Å². The Balaban J connectivity index is 0.000000168. The van der Waals surface area contributed by atoms with Gasteiger partial charge >= 0.3 is 0 Å². The quantitative estimate of drug-likeness (QED) is 0.274.